The zero-order valence-corrected chi connectivity index (χ0v) is 13.7. The van der Waals surface area contributed by atoms with Gasteiger partial charge in [-0.1, -0.05) is 17.7 Å². The van der Waals surface area contributed by atoms with Crippen molar-refractivity contribution in [3.05, 3.63) is 57.8 Å². The van der Waals surface area contributed by atoms with Gasteiger partial charge in [0.05, 0.1) is 16.7 Å². The zero-order chi connectivity index (χ0) is 15.2. The maximum Gasteiger partial charge on any atom is 0.261 e. The van der Waals surface area contributed by atoms with E-state index in [4.69, 9.17) is 16.3 Å². The Morgan fingerprint density at radius 1 is 1.43 bits per heavy atom. The number of hydrogen-bond acceptors (Lipinski definition) is 3. The van der Waals surface area contributed by atoms with Crippen molar-refractivity contribution < 1.29 is 9.53 Å². The van der Waals surface area contributed by atoms with E-state index in [1.165, 1.54) is 0 Å². The van der Waals surface area contributed by atoms with Gasteiger partial charge in [0.1, 0.15) is 5.75 Å². The molecule has 0 radical (unpaired) electrons. The Balaban J connectivity index is 1.90. The summed E-state index contributed by atoms with van der Waals surface area (Å²) in [6.45, 7) is 2.06. The molecule has 1 aromatic carbocycles. The molecule has 0 saturated carbocycles. The number of nitrogens with zero attached hydrogens (tertiary/aromatic N) is 1. The predicted molar refractivity (Wildman–Crippen MR) is 85.3 cm³/mol. The minimum absolute atomic E-state index is 0.206. The molecule has 1 aromatic heterocycles. The number of nitrogens with one attached hydrogen (secondary N) is 1. The van der Waals surface area contributed by atoms with Gasteiger partial charge in [-0.3, -0.25) is 9.78 Å². The van der Waals surface area contributed by atoms with E-state index < -0.39 is 6.10 Å². The molecular formula is C15H14BrClN2O2. The summed E-state index contributed by atoms with van der Waals surface area (Å²) in [5, 5.41) is 3.38. The van der Waals surface area contributed by atoms with Crippen LogP contribution in [0.2, 0.25) is 5.02 Å². The Bertz CT molecular complexity index is 622. The Hall–Kier alpha value is -1.59. The molecule has 4 nitrogen and oxygen atoms in total. The van der Waals surface area contributed by atoms with Gasteiger partial charge >= 0.3 is 0 Å². The number of pyridine rings is 1. The molecule has 2 rings (SSSR count). The molecule has 110 valence electrons. The summed E-state index contributed by atoms with van der Waals surface area (Å²) in [5.74, 6) is 0.363. The Morgan fingerprint density at radius 3 is 2.90 bits per heavy atom. The molecule has 1 heterocycles. The van der Waals surface area contributed by atoms with Gasteiger partial charge < -0.3 is 10.1 Å². The smallest absolute Gasteiger partial charge is 0.261 e. The van der Waals surface area contributed by atoms with E-state index in [1.807, 2.05) is 18.2 Å². The number of halogens is 2. The number of carbonyl (C=O) groups excluding carboxylic acids is 1. The molecule has 0 unspecified atom stereocenters. The fourth-order valence-corrected chi connectivity index (χ4v) is 2.41. The van der Waals surface area contributed by atoms with Crippen molar-refractivity contribution in [1.82, 2.24) is 10.3 Å². The first-order valence-corrected chi connectivity index (χ1v) is 7.52. The third-order valence-electron chi connectivity index (χ3n) is 2.74. The van der Waals surface area contributed by atoms with Gasteiger partial charge in [-0.05, 0) is 53.2 Å². The molecule has 1 amide bonds. The Morgan fingerprint density at radius 2 is 2.24 bits per heavy atom. The lowest BCUT2D eigenvalue weighted by atomic mass is 10.3. The molecule has 1 N–H and O–H groups in total. The molecule has 0 aliphatic heterocycles. The van der Waals surface area contributed by atoms with Crippen molar-refractivity contribution in [2.75, 3.05) is 0 Å². The van der Waals surface area contributed by atoms with Crippen molar-refractivity contribution >= 4 is 33.4 Å². The van der Waals surface area contributed by atoms with Crippen molar-refractivity contribution in [3.8, 4) is 5.75 Å². The molecule has 0 bridgehead atoms. The summed E-state index contributed by atoms with van der Waals surface area (Å²) in [4.78, 5) is 16.1. The number of ether oxygens (including phenoxy) is 1. The third kappa shape index (κ3) is 4.72. The highest BCUT2D eigenvalue weighted by Crippen LogP contribution is 2.28. The zero-order valence-electron chi connectivity index (χ0n) is 11.3. The minimum Gasteiger partial charge on any atom is -0.480 e. The maximum absolute atomic E-state index is 12.0. The van der Waals surface area contributed by atoms with Crippen molar-refractivity contribution in [2.24, 2.45) is 0 Å². The summed E-state index contributed by atoms with van der Waals surface area (Å²) in [5.41, 5.74) is 0.797. The van der Waals surface area contributed by atoms with Gasteiger partial charge in [0.15, 0.2) is 6.10 Å². The van der Waals surface area contributed by atoms with Crippen molar-refractivity contribution in [1.29, 1.82) is 0 Å². The number of hydrogen-bond donors (Lipinski definition) is 1. The van der Waals surface area contributed by atoms with Gasteiger partial charge in [-0.25, -0.2) is 0 Å². The first-order chi connectivity index (χ1) is 10.1. The molecule has 6 heteroatoms. The van der Waals surface area contributed by atoms with Crippen molar-refractivity contribution in [2.45, 2.75) is 19.6 Å². The summed E-state index contributed by atoms with van der Waals surface area (Å²) >= 11 is 9.21. The number of aromatic nitrogens is 1. The highest BCUT2D eigenvalue weighted by Gasteiger charge is 2.15. The van der Waals surface area contributed by atoms with Crippen molar-refractivity contribution in [3.63, 3.8) is 0 Å². The number of benzene rings is 1. The standard InChI is InChI=1S/C15H14BrClN2O2/c1-10(21-14-6-5-11(17)8-13(14)16)15(20)19-9-12-4-2-3-7-18-12/h2-8,10H,9H2,1H3,(H,19,20)/t10-/m1/s1. The van der Waals surface area contributed by atoms with Crippen LogP contribution in [0.15, 0.2) is 47.1 Å². The predicted octanol–water partition coefficient (Wildman–Crippen LogP) is 3.58. The van der Waals surface area contributed by atoms with E-state index in [0.29, 0.717) is 21.8 Å². The molecule has 0 aliphatic rings. The molecule has 0 spiro atoms. The van der Waals surface area contributed by atoms with Crippen LogP contribution in [-0.4, -0.2) is 17.0 Å². The number of amides is 1. The van der Waals surface area contributed by atoms with Gasteiger partial charge in [0.25, 0.3) is 5.91 Å². The van der Waals surface area contributed by atoms with Crippen LogP contribution in [0.4, 0.5) is 0 Å². The van der Waals surface area contributed by atoms with E-state index >= 15 is 0 Å². The molecule has 2 aromatic rings. The van der Waals surface area contributed by atoms with Gasteiger partial charge in [-0.15, -0.1) is 0 Å². The summed E-state index contributed by atoms with van der Waals surface area (Å²) < 4.78 is 6.32. The van der Waals surface area contributed by atoms with Crippen LogP contribution in [0, 0.1) is 0 Å². The fraction of sp³-hybridized carbons (Fsp3) is 0.200. The molecular weight excluding hydrogens is 356 g/mol. The molecule has 1 atom stereocenters. The third-order valence-corrected chi connectivity index (χ3v) is 3.59. The van der Waals surface area contributed by atoms with Crippen LogP contribution < -0.4 is 10.1 Å². The average molecular weight is 370 g/mol. The summed E-state index contributed by atoms with van der Waals surface area (Å²) in [6.07, 6.45) is 1.07. The lowest BCUT2D eigenvalue weighted by Gasteiger charge is -2.15. The minimum atomic E-state index is -0.619. The number of carbonyl (C=O) groups is 1. The fourth-order valence-electron chi connectivity index (χ4n) is 1.64. The number of rotatable bonds is 5. The lowest BCUT2D eigenvalue weighted by molar-refractivity contribution is -0.127. The molecule has 0 fully saturated rings. The van der Waals surface area contributed by atoms with Crippen LogP contribution >= 0.6 is 27.5 Å². The monoisotopic (exact) mass is 368 g/mol. The summed E-state index contributed by atoms with van der Waals surface area (Å²) in [7, 11) is 0. The van der Waals surface area contributed by atoms with E-state index in [0.717, 1.165) is 5.69 Å². The Kier molecular flexibility index (Phi) is 5.59. The second kappa shape index (κ2) is 7.43. The van der Waals surface area contributed by atoms with Crippen LogP contribution in [0.3, 0.4) is 0 Å². The van der Waals surface area contributed by atoms with E-state index in [-0.39, 0.29) is 5.91 Å². The SMILES string of the molecule is C[C@@H](Oc1ccc(Cl)cc1Br)C(=O)NCc1ccccn1. The highest BCUT2D eigenvalue weighted by molar-refractivity contribution is 9.10. The molecule has 0 aliphatic carbocycles. The van der Waals surface area contributed by atoms with E-state index in [9.17, 15) is 4.79 Å². The van der Waals surface area contributed by atoms with Crippen LogP contribution in [0.1, 0.15) is 12.6 Å². The summed E-state index contributed by atoms with van der Waals surface area (Å²) in [6, 6.07) is 10.7. The Labute approximate surface area is 136 Å². The average Bonchev–Trinajstić information content (AvgIpc) is 2.48. The molecule has 0 saturated heterocycles. The largest absolute Gasteiger partial charge is 0.480 e. The van der Waals surface area contributed by atoms with E-state index in [2.05, 4.69) is 26.2 Å². The topological polar surface area (TPSA) is 51.2 Å². The quantitative estimate of drug-likeness (QED) is 0.876. The molecule has 21 heavy (non-hydrogen) atoms. The van der Waals surface area contributed by atoms with Crippen LogP contribution in [0.25, 0.3) is 0 Å². The second-order valence-electron chi connectivity index (χ2n) is 4.37. The first-order valence-electron chi connectivity index (χ1n) is 6.35. The highest BCUT2D eigenvalue weighted by atomic mass is 79.9. The van der Waals surface area contributed by atoms with Gasteiger partial charge in [0, 0.05) is 11.2 Å². The van der Waals surface area contributed by atoms with Gasteiger partial charge in [-0.2, -0.15) is 0 Å². The van der Waals surface area contributed by atoms with Gasteiger partial charge in [0.2, 0.25) is 0 Å². The normalized spacial score (nSPS) is 11.8. The maximum atomic E-state index is 12.0. The first kappa shape index (κ1) is 15.8. The second-order valence-corrected chi connectivity index (χ2v) is 5.66. The van der Waals surface area contributed by atoms with Crippen LogP contribution in [0.5, 0.6) is 5.75 Å². The van der Waals surface area contributed by atoms with Crippen LogP contribution in [-0.2, 0) is 11.3 Å². The van der Waals surface area contributed by atoms with E-state index in [1.54, 1.807) is 31.3 Å². The lowest BCUT2D eigenvalue weighted by Crippen LogP contribution is -2.36.